The zero-order valence-corrected chi connectivity index (χ0v) is 9.75. The smallest absolute Gasteiger partial charge is 0.330 e. The summed E-state index contributed by atoms with van der Waals surface area (Å²) in [7, 11) is 1.26. The zero-order valence-electron chi connectivity index (χ0n) is 9.75. The third kappa shape index (κ3) is 2.02. The molecule has 1 aromatic rings. The van der Waals surface area contributed by atoms with Crippen LogP contribution in [0.15, 0.2) is 36.4 Å². The molecule has 92 valence electrons. The summed E-state index contributed by atoms with van der Waals surface area (Å²) in [5.41, 5.74) is 0.794. The highest BCUT2D eigenvalue weighted by Crippen LogP contribution is 2.21. The lowest BCUT2D eigenvalue weighted by Gasteiger charge is -2.09. The van der Waals surface area contributed by atoms with Gasteiger partial charge in [-0.05, 0) is 12.1 Å². The van der Waals surface area contributed by atoms with Gasteiger partial charge in [0.15, 0.2) is 0 Å². The van der Waals surface area contributed by atoms with Gasteiger partial charge >= 0.3 is 5.97 Å². The van der Waals surface area contributed by atoms with Crippen LogP contribution < -0.4 is 0 Å². The van der Waals surface area contributed by atoms with Crippen LogP contribution in [-0.2, 0) is 9.53 Å². The van der Waals surface area contributed by atoms with E-state index in [9.17, 15) is 14.4 Å². The maximum atomic E-state index is 11.9. The van der Waals surface area contributed by atoms with E-state index in [-0.39, 0.29) is 18.4 Å². The summed E-state index contributed by atoms with van der Waals surface area (Å²) in [4.78, 5) is 35.8. The van der Waals surface area contributed by atoms with Crippen molar-refractivity contribution in [3.63, 3.8) is 0 Å². The minimum Gasteiger partial charge on any atom is -0.466 e. The van der Waals surface area contributed by atoms with Gasteiger partial charge in [0, 0.05) is 12.6 Å². The Bertz CT molecular complexity index is 513. The van der Waals surface area contributed by atoms with Crippen LogP contribution in [0.5, 0.6) is 0 Å². The second kappa shape index (κ2) is 4.83. The number of esters is 1. The van der Waals surface area contributed by atoms with Gasteiger partial charge < -0.3 is 4.74 Å². The third-order valence-corrected chi connectivity index (χ3v) is 2.62. The minimum atomic E-state index is -0.522. The van der Waals surface area contributed by atoms with Crippen LogP contribution in [0.2, 0.25) is 0 Å². The first-order valence-electron chi connectivity index (χ1n) is 5.35. The molecule has 0 atom stereocenters. The van der Waals surface area contributed by atoms with E-state index < -0.39 is 5.97 Å². The second-order valence-electron chi connectivity index (χ2n) is 3.69. The van der Waals surface area contributed by atoms with Gasteiger partial charge in [0.2, 0.25) is 0 Å². The Kier molecular flexibility index (Phi) is 3.23. The number of carbonyl (C=O) groups is 3. The monoisotopic (exact) mass is 245 g/mol. The normalized spacial score (nSPS) is 14.2. The molecule has 0 unspecified atom stereocenters. The number of hydrogen-bond donors (Lipinski definition) is 0. The van der Waals surface area contributed by atoms with Crippen molar-refractivity contribution in [2.24, 2.45) is 0 Å². The Morgan fingerprint density at radius 1 is 1.22 bits per heavy atom. The summed E-state index contributed by atoms with van der Waals surface area (Å²) in [5, 5.41) is 0. The molecule has 1 aromatic carbocycles. The Labute approximate surface area is 104 Å². The van der Waals surface area contributed by atoms with E-state index in [1.165, 1.54) is 19.3 Å². The molecule has 2 rings (SSSR count). The van der Waals surface area contributed by atoms with Gasteiger partial charge in [-0.3, -0.25) is 14.5 Å². The molecule has 0 saturated carbocycles. The number of ether oxygens (including phenoxy) is 1. The van der Waals surface area contributed by atoms with Crippen LogP contribution in [0.25, 0.3) is 0 Å². The molecule has 0 bridgehead atoms. The zero-order chi connectivity index (χ0) is 13.1. The summed E-state index contributed by atoms with van der Waals surface area (Å²) < 4.78 is 4.42. The Balaban J connectivity index is 2.14. The average Bonchev–Trinajstić information content (AvgIpc) is 2.64. The molecule has 1 aliphatic heterocycles. The maximum absolute atomic E-state index is 11.9. The van der Waals surface area contributed by atoms with Crippen molar-refractivity contribution in [3.05, 3.63) is 47.5 Å². The summed E-state index contributed by atoms with van der Waals surface area (Å²) in [6.45, 7) is 0.0570. The van der Waals surface area contributed by atoms with Gasteiger partial charge in [0.25, 0.3) is 11.8 Å². The lowest BCUT2D eigenvalue weighted by atomic mass is 10.1. The lowest BCUT2D eigenvalue weighted by Crippen LogP contribution is -2.29. The number of amides is 2. The van der Waals surface area contributed by atoms with Crippen LogP contribution in [0.3, 0.4) is 0 Å². The number of fused-ring (bicyclic) bond motifs is 1. The number of nitrogens with zero attached hydrogens (tertiary/aromatic N) is 1. The summed E-state index contributed by atoms with van der Waals surface area (Å²) >= 11 is 0. The van der Waals surface area contributed by atoms with Crippen LogP contribution >= 0.6 is 0 Å². The molecule has 0 saturated heterocycles. The average molecular weight is 245 g/mol. The van der Waals surface area contributed by atoms with Crippen molar-refractivity contribution in [1.29, 1.82) is 0 Å². The van der Waals surface area contributed by atoms with Crippen molar-refractivity contribution < 1.29 is 19.1 Å². The van der Waals surface area contributed by atoms with E-state index in [1.807, 2.05) is 0 Å². The first-order valence-corrected chi connectivity index (χ1v) is 5.35. The fourth-order valence-electron chi connectivity index (χ4n) is 1.73. The predicted molar refractivity (Wildman–Crippen MR) is 63.0 cm³/mol. The van der Waals surface area contributed by atoms with Crippen molar-refractivity contribution in [2.75, 3.05) is 13.7 Å². The predicted octanol–water partition coefficient (Wildman–Crippen LogP) is 1.01. The third-order valence-electron chi connectivity index (χ3n) is 2.62. The number of imide groups is 1. The van der Waals surface area contributed by atoms with Crippen molar-refractivity contribution in [2.45, 2.75) is 0 Å². The van der Waals surface area contributed by atoms with Crippen LogP contribution in [0.1, 0.15) is 20.7 Å². The molecular formula is C13H11NO4. The number of methoxy groups -OCH3 is 1. The number of hydrogen-bond acceptors (Lipinski definition) is 4. The molecule has 0 N–H and O–H groups in total. The van der Waals surface area contributed by atoms with Crippen molar-refractivity contribution in [3.8, 4) is 0 Å². The molecule has 1 heterocycles. The van der Waals surface area contributed by atoms with Crippen molar-refractivity contribution >= 4 is 17.8 Å². The van der Waals surface area contributed by atoms with Gasteiger partial charge in [-0.25, -0.2) is 4.79 Å². The first-order chi connectivity index (χ1) is 8.65. The van der Waals surface area contributed by atoms with E-state index in [2.05, 4.69) is 4.74 Å². The number of carbonyl (C=O) groups excluding carboxylic acids is 3. The van der Waals surface area contributed by atoms with E-state index in [1.54, 1.807) is 24.3 Å². The summed E-state index contributed by atoms with van der Waals surface area (Å²) in [6.07, 6.45) is 2.61. The molecule has 2 amide bonds. The molecule has 0 spiro atoms. The van der Waals surface area contributed by atoms with Gasteiger partial charge in [0.05, 0.1) is 18.2 Å². The molecule has 5 nitrogen and oxygen atoms in total. The van der Waals surface area contributed by atoms with E-state index in [0.717, 1.165) is 4.90 Å². The fourth-order valence-corrected chi connectivity index (χ4v) is 1.73. The van der Waals surface area contributed by atoms with E-state index >= 15 is 0 Å². The largest absolute Gasteiger partial charge is 0.466 e. The highest BCUT2D eigenvalue weighted by atomic mass is 16.5. The lowest BCUT2D eigenvalue weighted by molar-refractivity contribution is -0.134. The molecule has 5 heteroatoms. The first kappa shape index (κ1) is 12.0. The second-order valence-corrected chi connectivity index (χ2v) is 3.69. The molecule has 0 aromatic heterocycles. The fraction of sp³-hybridized carbons (Fsp3) is 0.154. The molecule has 0 radical (unpaired) electrons. The van der Waals surface area contributed by atoms with Gasteiger partial charge in [-0.1, -0.05) is 18.2 Å². The SMILES string of the molecule is COC(=O)/C=C/CN1C(=O)c2ccccc2C1=O. The Morgan fingerprint density at radius 2 is 1.78 bits per heavy atom. The number of benzene rings is 1. The Hall–Kier alpha value is -2.43. The van der Waals surface area contributed by atoms with Crippen LogP contribution in [-0.4, -0.2) is 36.3 Å². The highest BCUT2D eigenvalue weighted by molar-refractivity contribution is 6.21. The highest BCUT2D eigenvalue weighted by Gasteiger charge is 2.34. The van der Waals surface area contributed by atoms with Gasteiger partial charge in [-0.15, -0.1) is 0 Å². The minimum absolute atomic E-state index is 0.0570. The summed E-state index contributed by atoms with van der Waals surface area (Å²) in [6, 6.07) is 6.63. The Morgan fingerprint density at radius 3 is 2.28 bits per heavy atom. The van der Waals surface area contributed by atoms with Gasteiger partial charge in [0.1, 0.15) is 0 Å². The van der Waals surface area contributed by atoms with Crippen molar-refractivity contribution in [1.82, 2.24) is 4.90 Å². The maximum Gasteiger partial charge on any atom is 0.330 e. The molecule has 18 heavy (non-hydrogen) atoms. The standard InChI is InChI=1S/C13H11NO4/c1-18-11(15)7-4-8-14-12(16)9-5-2-3-6-10(9)13(14)17/h2-7H,8H2,1H3/b7-4+. The van der Waals surface area contributed by atoms with E-state index in [0.29, 0.717) is 11.1 Å². The van der Waals surface area contributed by atoms with E-state index in [4.69, 9.17) is 0 Å². The van der Waals surface area contributed by atoms with Crippen LogP contribution in [0.4, 0.5) is 0 Å². The quantitative estimate of drug-likeness (QED) is 0.453. The molecule has 0 aliphatic carbocycles. The van der Waals surface area contributed by atoms with Crippen LogP contribution in [0, 0.1) is 0 Å². The summed E-state index contributed by atoms with van der Waals surface area (Å²) in [5.74, 6) is -1.21. The molecule has 0 fully saturated rings. The topological polar surface area (TPSA) is 63.7 Å². The van der Waals surface area contributed by atoms with Gasteiger partial charge in [-0.2, -0.15) is 0 Å². The number of rotatable bonds is 3. The molecule has 1 aliphatic rings. The molecular weight excluding hydrogens is 234 g/mol.